The summed E-state index contributed by atoms with van der Waals surface area (Å²) >= 11 is 0. The molecular formula is C16H16N2O4S. The first-order valence-corrected chi connectivity index (χ1v) is 8.35. The summed E-state index contributed by atoms with van der Waals surface area (Å²) in [5.41, 5.74) is 1.78. The number of para-hydroxylation sites is 1. The summed E-state index contributed by atoms with van der Waals surface area (Å²) in [6.07, 6.45) is 1.53. The molecule has 2 aromatic heterocycles. The van der Waals surface area contributed by atoms with Gasteiger partial charge in [-0.3, -0.25) is 0 Å². The Morgan fingerprint density at radius 1 is 1.09 bits per heavy atom. The van der Waals surface area contributed by atoms with Gasteiger partial charge in [-0.15, -0.1) is 0 Å². The molecule has 0 saturated heterocycles. The average molecular weight is 332 g/mol. The number of ether oxygens (including phenoxy) is 1. The summed E-state index contributed by atoms with van der Waals surface area (Å²) in [6.45, 7) is 0. The van der Waals surface area contributed by atoms with Crippen molar-refractivity contribution < 1.29 is 17.9 Å². The lowest BCUT2D eigenvalue weighted by molar-refractivity contribution is 0.0605. The maximum Gasteiger partial charge on any atom is 0.340 e. The molecule has 0 unspecified atom stereocenters. The molecule has 0 saturated carbocycles. The van der Waals surface area contributed by atoms with Crippen LogP contribution in [0.5, 0.6) is 0 Å². The highest BCUT2D eigenvalue weighted by Gasteiger charge is 2.22. The van der Waals surface area contributed by atoms with Crippen LogP contribution in [-0.2, 0) is 14.8 Å². The molecule has 0 bridgehead atoms. The Morgan fingerprint density at radius 2 is 1.78 bits per heavy atom. The molecule has 0 amide bonds. The first-order chi connectivity index (χ1) is 10.9. The topological polar surface area (TPSA) is 68.1 Å². The van der Waals surface area contributed by atoms with Crippen molar-refractivity contribution in [3.63, 3.8) is 0 Å². The van der Waals surface area contributed by atoms with E-state index in [9.17, 15) is 13.2 Å². The van der Waals surface area contributed by atoms with Crippen LogP contribution >= 0.6 is 0 Å². The fourth-order valence-electron chi connectivity index (χ4n) is 2.60. The molecule has 6 nitrogen and oxygen atoms in total. The van der Waals surface area contributed by atoms with Gasteiger partial charge in [0.15, 0.2) is 0 Å². The van der Waals surface area contributed by atoms with Crippen LogP contribution in [0.2, 0.25) is 0 Å². The van der Waals surface area contributed by atoms with Crippen molar-refractivity contribution in [2.75, 3.05) is 21.2 Å². The van der Waals surface area contributed by atoms with E-state index in [1.165, 1.54) is 33.5 Å². The molecule has 0 fully saturated rings. The van der Waals surface area contributed by atoms with E-state index >= 15 is 0 Å². The maximum atomic E-state index is 12.3. The number of benzene rings is 1. The van der Waals surface area contributed by atoms with Gasteiger partial charge in [-0.1, -0.05) is 18.2 Å². The van der Waals surface area contributed by atoms with E-state index in [0.29, 0.717) is 11.1 Å². The van der Waals surface area contributed by atoms with E-state index in [0.717, 1.165) is 15.2 Å². The number of fused-ring (bicyclic) bond motifs is 3. The molecule has 0 N–H and O–H groups in total. The smallest absolute Gasteiger partial charge is 0.340 e. The first kappa shape index (κ1) is 15.5. The molecule has 1 aromatic carbocycles. The molecule has 0 aliphatic heterocycles. The van der Waals surface area contributed by atoms with Crippen molar-refractivity contribution in [3.05, 3.63) is 48.2 Å². The minimum atomic E-state index is -3.56. The Morgan fingerprint density at radius 3 is 2.43 bits per heavy atom. The third-order valence-corrected chi connectivity index (χ3v) is 5.58. The highest BCUT2D eigenvalue weighted by atomic mass is 32.2. The number of esters is 1. The van der Waals surface area contributed by atoms with Gasteiger partial charge >= 0.3 is 5.97 Å². The SMILES string of the molecule is COC(=O)c1c2ccccc2n2cc(S(=O)(=O)N(C)C)ccc12. The number of hydrogen-bond acceptors (Lipinski definition) is 4. The zero-order chi connectivity index (χ0) is 16.8. The van der Waals surface area contributed by atoms with Crippen molar-refractivity contribution >= 4 is 32.4 Å². The summed E-state index contributed by atoms with van der Waals surface area (Å²) in [7, 11) is 0.726. The van der Waals surface area contributed by atoms with Crippen molar-refractivity contribution in [2.24, 2.45) is 0 Å². The maximum absolute atomic E-state index is 12.3. The monoisotopic (exact) mass is 332 g/mol. The van der Waals surface area contributed by atoms with E-state index in [1.54, 1.807) is 10.5 Å². The number of sulfonamides is 1. The molecule has 120 valence electrons. The molecule has 0 aliphatic carbocycles. The van der Waals surface area contributed by atoms with Crippen LogP contribution in [0.25, 0.3) is 16.4 Å². The Hall–Kier alpha value is -2.38. The fraction of sp³-hybridized carbons (Fsp3) is 0.188. The van der Waals surface area contributed by atoms with Crippen LogP contribution in [0.15, 0.2) is 47.5 Å². The van der Waals surface area contributed by atoms with Gasteiger partial charge in [0, 0.05) is 25.7 Å². The average Bonchev–Trinajstić information content (AvgIpc) is 2.87. The number of pyridine rings is 1. The highest BCUT2D eigenvalue weighted by Crippen LogP contribution is 2.28. The van der Waals surface area contributed by atoms with E-state index < -0.39 is 16.0 Å². The molecule has 2 heterocycles. The molecule has 7 heteroatoms. The summed E-state index contributed by atoms with van der Waals surface area (Å²) in [5, 5.41) is 0.721. The van der Waals surface area contributed by atoms with Crippen molar-refractivity contribution in [1.82, 2.24) is 8.71 Å². The predicted molar refractivity (Wildman–Crippen MR) is 87.1 cm³/mol. The summed E-state index contributed by atoms with van der Waals surface area (Å²) in [4.78, 5) is 12.3. The highest BCUT2D eigenvalue weighted by molar-refractivity contribution is 7.89. The van der Waals surface area contributed by atoms with Gasteiger partial charge < -0.3 is 9.14 Å². The van der Waals surface area contributed by atoms with Crippen LogP contribution in [0, 0.1) is 0 Å². The molecule has 0 radical (unpaired) electrons. The fourth-order valence-corrected chi connectivity index (χ4v) is 3.50. The van der Waals surface area contributed by atoms with Crippen molar-refractivity contribution in [2.45, 2.75) is 4.90 Å². The molecular weight excluding hydrogens is 316 g/mol. The minimum absolute atomic E-state index is 0.159. The largest absolute Gasteiger partial charge is 0.465 e. The molecule has 0 atom stereocenters. The minimum Gasteiger partial charge on any atom is -0.465 e. The van der Waals surface area contributed by atoms with Gasteiger partial charge in [0.05, 0.1) is 28.6 Å². The van der Waals surface area contributed by atoms with Crippen molar-refractivity contribution in [3.8, 4) is 0 Å². The summed E-state index contributed by atoms with van der Waals surface area (Å²) in [5.74, 6) is -0.452. The summed E-state index contributed by atoms with van der Waals surface area (Å²) in [6, 6.07) is 10.4. The van der Waals surface area contributed by atoms with Crippen LogP contribution in [0.4, 0.5) is 0 Å². The number of carbonyl (C=O) groups is 1. The van der Waals surface area contributed by atoms with E-state index in [1.807, 2.05) is 24.3 Å². The molecule has 0 aliphatic rings. The molecule has 23 heavy (non-hydrogen) atoms. The van der Waals surface area contributed by atoms with E-state index in [4.69, 9.17) is 4.74 Å². The zero-order valence-corrected chi connectivity index (χ0v) is 13.8. The van der Waals surface area contributed by atoms with Crippen LogP contribution < -0.4 is 0 Å². The second kappa shape index (κ2) is 5.36. The van der Waals surface area contributed by atoms with Gasteiger partial charge in [-0.2, -0.15) is 0 Å². The van der Waals surface area contributed by atoms with E-state index in [2.05, 4.69) is 0 Å². The van der Waals surface area contributed by atoms with Crippen LogP contribution in [0.3, 0.4) is 0 Å². The van der Waals surface area contributed by atoms with Crippen LogP contribution in [0.1, 0.15) is 10.4 Å². The lowest BCUT2D eigenvalue weighted by atomic mass is 10.1. The van der Waals surface area contributed by atoms with Crippen LogP contribution in [-0.4, -0.2) is 44.3 Å². The number of aromatic nitrogens is 1. The lowest BCUT2D eigenvalue weighted by Gasteiger charge is -2.11. The zero-order valence-electron chi connectivity index (χ0n) is 13.0. The Balaban J connectivity index is 2.41. The first-order valence-electron chi connectivity index (χ1n) is 6.91. The third-order valence-electron chi connectivity index (χ3n) is 3.78. The molecule has 0 spiro atoms. The number of hydrogen-bond donors (Lipinski definition) is 0. The Kier molecular flexibility index (Phi) is 3.62. The molecule has 3 aromatic rings. The van der Waals surface area contributed by atoms with Gasteiger partial charge in [0.25, 0.3) is 0 Å². The number of methoxy groups -OCH3 is 1. The van der Waals surface area contributed by atoms with Gasteiger partial charge in [-0.05, 0) is 18.2 Å². The summed E-state index contributed by atoms with van der Waals surface area (Å²) < 4.78 is 32.4. The van der Waals surface area contributed by atoms with Gasteiger partial charge in [0.1, 0.15) is 0 Å². The Bertz CT molecular complexity index is 1020. The normalized spacial score (nSPS) is 12.2. The second-order valence-electron chi connectivity index (χ2n) is 5.29. The second-order valence-corrected chi connectivity index (χ2v) is 7.44. The number of nitrogens with zero attached hydrogens (tertiary/aromatic N) is 2. The molecule has 3 rings (SSSR count). The quantitative estimate of drug-likeness (QED) is 0.689. The number of carbonyl (C=O) groups excluding carboxylic acids is 1. The van der Waals surface area contributed by atoms with Crippen molar-refractivity contribution in [1.29, 1.82) is 0 Å². The number of rotatable bonds is 3. The van der Waals surface area contributed by atoms with E-state index in [-0.39, 0.29) is 4.90 Å². The Labute approximate surface area is 133 Å². The predicted octanol–water partition coefficient (Wildman–Crippen LogP) is 2.13. The lowest BCUT2D eigenvalue weighted by Crippen LogP contribution is -2.22. The van der Waals surface area contributed by atoms with Gasteiger partial charge in [0.2, 0.25) is 10.0 Å². The standard InChI is InChI=1S/C16H16N2O4S/c1-17(2)23(20,21)11-8-9-14-15(16(19)22-3)12-6-4-5-7-13(12)18(14)10-11/h4-10H,1-3H3. The third kappa shape index (κ3) is 2.29. The van der Waals surface area contributed by atoms with Gasteiger partial charge in [-0.25, -0.2) is 17.5 Å².